The fraction of sp³-hybridized carbons (Fsp3) is 0.250. The van der Waals surface area contributed by atoms with E-state index in [1.807, 2.05) is 29.2 Å². The van der Waals surface area contributed by atoms with Gasteiger partial charge in [0.05, 0.1) is 6.04 Å². The van der Waals surface area contributed by atoms with Gasteiger partial charge in [-0.25, -0.2) is 0 Å². The molecule has 0 radical (unpaired) electrons. The lowest BCUT2D eigenvalue weighted by Gasteiger charge is -2.33. The third-order valence-electron chi connectivity index (χ3n) is 4.94. The number of aromatic nitrogens is 1. The average Bonchev–Trinajstić information content (AvgIpc) is 2.98. The van der Waals surface area contributed by atoms with Crippen LogP contribution in [0.5, 0.6) is 0 Å². The molecule has 2 heterocycles. The molecule has 1 amide bonds. The maximum absolute atomic E-state index is 11.6. The number of H-pyrrole nitrogens is 1. The highest BCUT2D eigenvalue weighted by Crippen LogP contribution is 2.37. The summed E-state index contributed by atoms with van der Waals surface area (Å²) in [6.07, 6.45) is 3.72. The van der Waals surface area contributed by atoms with Gasteiger partial charge in [-0.2, -0.15) is 0 Å². The number of aromatic amines is 1. The van der Waals surface area contributed by atoms with E-state index in [1.54, 1.807) is 0 Å². The molecule has 3 nitrogen and oxygen atoms in total. The Hall–Kier alpha value is -2.26. The van der Waals surface area contributed by atoms with Crippen LogP contribution < -0.4 is 0 Å². The van der Waals surface area contributed by atoms with Crippen LogP contribution in [0.15, 0.2) is 48.5 Å². The highest BCUT2D eigenvalue weighted by atomic mass is 35.5. The van der Waals surface area contributed by atoms with Gasteiger partial charge in [0, 0.05) is 28.2 Å². The van der Waals surface area contributed by atoms with Gasteiger partial charge in [0.15, 0.2) is 0 Å². The summed E-state index contributed by atoms with van der Waals surface area (Å²) in [6, 6.07) is 16.5. The van der Waals surface area contributed by atoms with Crippen LogP contribution in [0.25, 0.3) is 10.9 Å². The van der Waals surface area contributed by atoms with E-state index in [9.17, 15) is 4.79 Å². The van der Waals surface area contributed by atoms with Gasteiger partial charge in [-0.05, 0) is 48.6 Å². The summed E-state index contributed by atoms with van der Waals surface area (Å²) in [4.78, 5) is 17.0. The lowest BCUT2D eigenvalue weighted by molar-refractivity contribution is -0.120. The summed E-state index contributed by atoms with van der Waals surface area (Å²) < 4.78 is 0. The molecule has 0 bridgehead atoms. The molecule has 122 valence electrons. The predicted molar refractivity (Wildman–Crippen MR) is 97.3 cm³/mol. The van der Waals surface area contributed by atoms with E-state index in [0.29, 0.717) is 0 Å². The van der Waals surface area contributed by atoms with Crippen molar-refractivity contribution in [1.29, 1.82) is 0 Å². The number of hydrogen-bond acceptors (Lipinski definition) is 1. The molecule has 3 aromatic rings. The van der Waals surface area contributed by atoms with Gasteiger partial charge in [-0.1, -0.05) is 41.9 Å². The summed E-state index contributed by atoms with van der Waals surface area (Å²) in [5.74, 6) is 0. The zero-order valence-corrected chi connectivity index (χ0v) is 14.1. The Labute approximate surface area is 146 Å². The van der Waals surface area contributed by atoms with E-state index in [-0.39, 0.29) is 6.04 Å². The monoisotopic (exact) mass is 338 g/mol. The molecule has 0 spiro atoms. The number of nitrogens with zero attached hydrogens (tertiary/aromatic N) is 1. The summed E-state index contributed by atoms with van der Waals surface area (Å²) in [5, 5.41) is 1.94. The molecule has 1 N–H and O–H groups in total. The topological polar surface area (TPSA) is 36.1 Å². The fourth-order valence-electron chi connectivity index (χ4n) is 3.74. The zero-order valence-electron chi connectivity index (χ0n) is 13.3. The standard InChI is InChI=1S/C20H19ClN2O/c21-15-7-8-18-17(12-15)16-10-11-23(13-24)19(20(16)22-18)9-6-14-4-2-1-3-5-14/h1-5,7-8,12-13,19,22H,6,9-11H2. The van der Waals surface area contributed by atoms with Gasteiger partial charge >= 0.3 is 0 Å². The SMILES string of the molecule is O=CN1CCc2c([nH]c3ccc(Cl)cc23)C1CCc1ccccc1. The number of hydrogen-bond donors (Lipinski definition) is 1. The molecule has 0 aliphatic carbocycles. The summed E-state index contributed by atoms with van der Waals surface area (Å²) >= 11 is 6.17. The normalized spacial score (nSPS) is 17.0. The molecule has 1 unspecified atom stereocenters. The van der Waals surface area contributed by atoms with Crippen molar-refractivity contribution in [3.8, 4) is 0 Å². The fourth-order valence-corrected chi connectivity index (χ4v) is 3.91. The van der Waals surface area contributed by atoms with Crippen LogP contribution in [0, 0.1) is 0 Å². The van der Waals surface area contributed by atoms with Crippen molar-refractivity contribution in [1.82, 2.24) is 9.88 Å². The molecule has 1 aliphatic rings. The Bertz CT molecular complexity index is 872. The Balaban J connectivity index is 1.69. The summed E-state index contributed by atoms with van der Waals surface area (Å²) in [7, 11) is 0. The summed E-state index contributed by atoms with van der Waals surface area (Å²) in [6.45, 7) is 0.759. The lowest BCUT2D eigenvalue weighted by Crippen LogP contribution is -2.34. The molecule has 1 aromatic heterocycles. The van der Waals surface area contributed by atoms with Crippen molar-refractivity contribution in [3.05, 3.63) is 70.4 Å². The molecule has 1 atom stereocenters. The Morgan fingerprint density at radius 3 is 2.83 bits per heavy atom. The first-order valence-electron chi connectivity index (χ1n) is 8.31. The van der Waals surface area contributed by atoms with Crippen molar-refractivity contribution < 1.29 is 4.79 Å². The number of halogens is 1. The van der Waals surface area contributed by atoms with Crippen LogP contribution in [-0.4, -0.2) is 22.8 Å². The number of benzene rings is 2. The molecule has 2 aromatic carbocycles. The van der Waals surface area contributed by atoms with Crippen LogP contribution in [0.3, 0.4) is 0 Å². The third kappa shape index (κ3) is 2.69. The number of aryl methyl sites for hydroxylation is 1. The van der Waals surface area contributed by atoms with Gasteiger partial charge in [-0.15, -0.1) is 0 Å². The van der Waals surface area contributed by atoms with E-state index in [2.05, 4.69) is 29.2 Å². The quantitative estimate of drug-likeness (QED) is 0.698. The van der Waals surface area contributed by atoms with E-state index >= 15 is 0 Å². The molecule has 0 saturated carbocycles. The maximum Gasteiger partial charge on any atom is 0.210 e. The van der Waals surface area contributed by atoms with E-state index in [4.69, 9.17) is 11.6 Å². The zero-order chi connectivity index (χ0) is 16.5. The molecule has 4 rings (SSSR count). The van der Waals surface area contributed by atoms with Gasteiger partial charge in [0.1, 0.15) is 0 Å². The first kappa shape index (κ1) is 15.3. The number of carbonyl (C=O) groups is 1. The van der Waals surface area contributed by atoms with Crippen molar-refractivity contribution in [2.45, 2.75) is 25.3 Å². The van der Waals surface area contributed by atoms with Crippen LogP contribution >= 0.6 is 11.6 Å². The highest BCUT2D eigenvalue weighted by molar-refractivity contribution is 6.31. The van der Waals surface area contributed by atoms with Gasteiger partial charge < -0.3 is 9.88 Å². The molecular formula is C20H19ClN2O. The minimum Gasteiger partial charge on any atom is -0.356 e. The largest absolute Gasteiger partial charge is 0.356 e. The second-order valence-corrected chi connectivity index (χ2v) is 6.78. The van der Waals surface area contributed by atoms with Gasteiger partial charge in [-0.3, -0.25) is 4.79 Å². The van der Waals surface area contributed by atoms with Crippen LogP contribution in [0.1, 0.15) is 29.3 Å². The number of rotatable bonds is 4. The molecular weight excluding hydrogens is 320 g/mol. The third-order valence-corrected chi connectivity index (χ3v) is 5.17. The van der Waals surface area contributed by atoms with Gasteiger partial charge in [0.2, 0.25) is 6.41 Å². The number of nitrogens with one attached hydrogen (secondary N) is 1. The molecule has 0 fully saturated rings. The first-order valence-corrected chi connectivity index (χ1v) is 8.69. The predicted octanol–water partition coefficient (Wildman–Crippen LogP) is 4.51. The minimum atomic E-state index is 0.0950. The number of carbonyl (C=O) groups excluding carboxylic acids is 1. The first-order chi connectivity index (χ1) is 11.8. The molecule has 24 heavy (non-hydrogen) atoms. The van der Waals surface area contributed by atoms with E-state index < -0.39 is 0 Å². The Morgan fingerprint density at radius 2 is 2.04 bits per heavy atom. The van der Waals surface area contributed by atoms with Crippen molar-refractivity contribution in [2.24, 2.45) is 0 Å². The van der Waals surface area contributed by atoms with Crippen molar-refractivity contribution in [2.75, 3.05) is 6.54 Å². The van der Waals surface area contributed by atoms with Crippen molar-refractivity contribution in [3.63, 3.8) is 0 Å². The number of amides is 1. The lowest BCUT2D eigenvalue weighted by atomic mass is 9.93. The van der Waals surface area contributed by atoms with Crippen LogP contribution in [-0.2, 0) is 17.6 Å². The van der Waals surface area contributed by atoms with Crippen LogP contribution in [0.4, 0.5) is 0 Å². The average molecular weight is 339 g/mol. The van der Waals surface area contributed by atoms with E-state index in [0.717, 1.165) is 42.8 Å². The maximum atomic E-state index is 11.6. The molecule has 1 aliphatic heterocycles. The van der Waals surface area contributed by atoms with E-state index in [1.165, 1.54) is 22.2 Å². The second-order valence-electron chi connectivity index (χ2n) is 6.34. The van der Waals surface area contributed by atoms with Crippen LogP contribution in [0.2, 0.25) is 5.02 Å². The minimum absolute atomic E-state index is 0.0950. The second kappa shape index (κ2) is 6.33. The Morgan fingerprint density at radius 1 is 1.21 bits per heavy atom. The summed E-state index contributed by atoms with van der Waals surface area (Å²) in [5.41, 5.74) is 4.88. The molecule has 4 heteroatoms. The number of fused-ring (bicyclic) bond motifs is 3. The molecule has 0 saturated heterocycles. The highest BCUT2D eigenvalue weighted by Gasteiger charge is 2.29. The van der Waals surface area contributed by atoms with Gasteiger partial charge in [0.25, 0.3) is 0 Å². The smallest absolute Gasteiger partial charge is 0.210 e. The Kier molecular flexibility index (Phi) is 4.03. The van der Waals surface area contributed by atoms with Crippen molar-refractivity contribution >= 4 is 28.9 Å².